The molecule has 1 aliphatic heterocycles. The lowest BCUT2D eigenvalue weighted by molar-refractivity contribution is 0.233. The number of pyridine rings is 1. The van der Waals surface area contributed by atoms with Gasteiger partial charge in [-0.2, -0.15) is 0 Å². The van der Waals surface area contributed by atoms with E-state index in [9.17, 15) is 0 Å². The number of hydrogen-bond donors (Lipinski definition) is 1. The van der Waals surface area contributed by atoms with Gasteiger partial charge in [0, 0.05) is 37.9 Å². The second kappa shape index (κ2) is 6.35. The smallest absolute Gasteiger partial charge is 0.128 e. The quantitative estimate of drug-likeness (QED) is 0.898. The molecule has 2 rings (SSSR count). The summed E-state index contributed by atoms with van der Waals surface area (Å²) < 4.78 is 0. The molecule has 19 heavy (non-hydrogen) atoms. The van der Waals surface area contributed by atoms with Crippen molar-refractivity contribution >= 4 is 5.82 Å². The third kappa shape index (κ3) is 3.45. The van der Waals surface area contributed by atoms with Crippen LogP contribution in [0.4, 0.5) is 5.82 Å². The molecule has 1 aromatic rings. The molecule has 1 aromatic heterocycles. The average Bonchev–Trinajstić information content (AvgIpc) is 2.42. The SMILES string of the molecule is CCNC(C)c1ccnc(N2CCN(C)C(C)C2)c1. The Morgan fingerprint density at radius 3 is 2.95 bits per heavy atom. The van der Waals surface area contributed by atoms with Gasteiger partial charge >= 0.3 is 0 Å². The topological polar surface area (TPSA) is 31.4 Å². The van der Waals surface area contributed by atoms with Crippen LogP contribution >= 0.6 is 0 Å². The van der Waals surface area contributed by atoms with Crippen LogP contribution in [0.3, 0.4) is 0 Å². The molecule has 0 saturated carbocycles. The molecule has 2 atom stereocenters. The zero-order valence-corrected chi connectivity index (χ0v) is 12.6. The number of hydrogen-bond acceptors (Lipinski definition) is 4. The second-order valence-corrected chi connectivity index (χ2v) is 5.50. The van der Waals surface area contributed by atoms with Crippen LogP contribution in [0.15, 0.2) is 18.3 Å². The summed E-state index contributed by atoms with van der Waals surface area (Å²) in [5.74, 6) is 1.11. The van der Waals surface area contributed by atoms with E-state index < -0.39 is 0 Å². The van der Waals surface area contributed by atoms with Gasteiger partial charge < -0.3 is 15.1 Å². The number of aromatic nitrogens is 1. The highest BCUT2D eigenvalue weighted by molar-refractivity contribution is 5.42. The summed E-state index contributed by atoms with van der Waals surface area (Å²) in [6.45, 7) is 10.8. The van der Waals surface area contributed by atoms with Crippen LogP contribution in [0.1, 0.15) is 32.4 Å². The molecule has 0 aliphatic carbocycles. The summed E-state index contributed by atoms with van der Waals surface area (Å²) in [5, 5.41) is 3.45. The van der Waals surface area contributed by atoms with Crippen LogP contribution in [-0.2, 0) is 0 Å². The summed E-state index contributed by atoms with van der Waals surface area (Å²) in [5.41, 5.74) is 1.32. The molecule has 1 aliphatic rings. The van der Waals surface area contributed by atoms with Crippen molar-refractivity contribution in [3.63, 3.8) is 0 Å². The molecular weight excluding hydrogens is 236 g/mol. The van der Waals surface area contributed by atoms with Crippen LogP contribution in [0, 0.1) is 0 Å². The normalized spacial score (nSPS) is 22.5. The number of rotatable bonds is 4. The predicted octanol–water partition coefficient (Wildman–Crippen LogP) is 1.89. The zero-order valence-electron chi connectivity index (χ0n) is 12.6. The van der Waals surface area contributed by atoms with Gasteiger partial charge in [-0.1, -0.05) is 6.92 Å². The third-order valence-electron chi connectivity index (χ3n) is 4.06. The van der Waals surface area contributed by atoms with Crippen molar-refractivity contribution in [2.75, 3.05) is 38.1 Å². The maximum atomic E-state index is 4.54. The molecule has 2 heterocycles. The summed E-state index contributed by atoms with van der Waals surface area (Å²) in [6, 6.07) is 5.31. The van der Waals surface area contributed by atoms with Gasteiger partial charge in [-0.25, -0.2) is 4.98 Å². The number of nitrogens with one attached hydrogen (secondary N) is 1. The Balaban J connectivity index is 2.10. The highest BCUT2D eigenvalue weighted by Gasteiger charge is 2.21. The molecule has 0 amide bonds. The minimum Gasteiger partial charge on any atom is -0.354 e. The van der Waals surface area contributed by atoms with Gasteiger partial charge in [0.05, 0.1) is 0 Å². The van der Waals surface area contributed by atoms with Gasteiger partial charge in [0.1, 0.15) is 5.82 Å². The number of likely N-dealkylation sites (N-methyl/N-ethyl adjacent to an activating group) is 1. The molecule has 1 saturated heterocycles. The molecule has 0 aromatic carbocycles. The molecule has 0 radical (unpaired) electrons. The van der Waals surface area contributed by atoms with Crippen LogP contribution in [0.5, 0.6) is 0 Å². The lowest BCUT2D eigenvalue weighted by Crippen LogP contribution is -2.50. The Bertz CT molecular complexity index is 407. The molecule has 0 bridgehead atoms. The van der Waals surface area contributed by atoms with Crippen molar-refractivity contribution in [2.24, 2.45) is 0 Å². The van der Waals surface area contributed by atoms with Crippen LogP contribution < -0.4 is 10.2 Å². The third-order valence-corrected chi connectivity index (χ3v) is 4.06. The van der Waals surface area contributed by atoms with Crippen molar-refractivity contribution in [3.05, 3.63) is 23.9 Å². The van der Waals surface area contributed by atoms with Crippen molar-refractivity contribution in [2.45, 2.75) is 32.9 Å². The Kier molecular flexibility index (Phi) is 4.77. The van der Waals surface area contributed by atoms with Gasteiger partial charge in [-0.15, -0.1) is 0 Å². The van der Waals surface area contributed by atoms with Crippen molar-refractivity contribution in [1.29, 1.82) is 0 Å². The molecule has 1 N–H and O–H groups in total. The van der Waals surface area contributed by atoms with E-state index in [1.165, 1.54) is 5.56 Å². The van der Waals surface area contributed by atoms with E-state index in [0.29, 0.717) is 12.1 Å². The van der Waals surface area contributed by atoms with Gasteiger partial charge in [0.2, 0.25) is 0 Å². The van der Waals surface area contributed by atoms with Gasteiger partial charge in [0.25, 0.3) is 0 Å². The molecule has 2 unspecified atom stereocenters. The maximum absolute atomic E-state index is 4.54. The van der Waals surface area contributed by atoms with Gasteiger partial charge in [-0.3, -0.25) is 0 Å². The largest absolute Gasteiger partial charge is 0.354 e. The van der Waals surface area contributed by atoms with E-state index in [0.717, 1.165) is 32.0 Å². The first kappa shape index (κ1) is 14.3. The number of piperazine rings is 1. The predicted molar refractivity (Wildman–Crippen MR) is 80.6 cm³/mol. The fraction of sp³-hybridized carbons (Fsp3) is 0.667. The average molecular weight is 262 g/mol. The Morgan fingerprint density at radius 2 is 2.26 bits per heavy atom. The lowest BCUT2D eigenvalue weighted by atomic mass is 10.1. The van der Waals surface area contributed by atoms with E-state index in [1.807, 2.05) is 6.20 Å². The summed E-state index contributed by atoms with van der Waals surface area (Å²) in [6.07, 6.45) is 1.93. The van der Waals surface area contributed by atoms with Crippen LogP contribution in [0.25, 0.3) is 0 Å². The molecule has 106 valence electrons. The van der Waals surface area contributed by atoms with E-state index in [1.54, 1.807) is 0 Å². The minimum absolute atomic E-state index is 0.386. The first-order chi connectivity index (χ1) is 9.11. The standard InChI is InChI=1S/C15H26N4/c1-5-16-13(3)14-6-7-17-15(10-14)19-9-8-18(4)12(2)11-19/h6-7,10,12-13,16H,5,8-9,11H2,1-4H3. The number of nitrogens with zero attached hydrogens (tertiary/aromatic N) is 3. The van der Waals surface area contributed by atoms with Crippen LogP contribution in [-0.4, -0.2) is 49.2 Å². The summed E-state index contributed by atoms with van der Waals surface area (Å²) in [4.78, 5) is 9.34. The first-order valence-corrected chi connectivity index (χ1v) is 7.26. The van der Waals surface area contributed by atoms with E-state index in [2.05, 4.69) is 60.1 Å². The van der Waals surface area contributed by atoms with Gasteiger partial charge in [-0.05, 0) is 45.1 Å². The lowest BCUT2D eigenvalue weighted by Gasteiger charge is -2.38. The molecule has 1 fully saturated rings. The Morgan fingerprint density at radius 1 is 1.47 bits per heavy atom. The van der Waals surface area contributed by atoms with Crippen molar-refractivity contribution in [1.82, 2.24) is 15.2 Å². The molecule has 4 heteroatoms. The zero-order chi connectivity index (χ0) is 13.8. The fourth-order valence-electron chi connectivity index (χ4n) is 2.56. The maximum Gasteiger partial charge on any atom is 0.128 e. The minimum atomic E-state index is 0.386. The highest BCUT2D eigenvalue weighted by atomic mass is 15.3. The first-order valence-electron chi connectivity index (χ1n) is 7.26. The summed E-state index contributed by atoms with van der Waals surface area (Å²) in [7, 11) is 2.19. The Hall–Kier alpha value is -1.13. The second-order valence-electron chi connectivity index (χ2n) is 5.50. The van der Waals surface area contributed by atoms with E-state index in [4.69, 9.17) is 0 Å². The molecule has 0 spiro atoms. The highest BCUT2D eigenvalue weighted by Crippen LogP contribution is 2.20. The molecule has 4 nitrogen and oxygen atoms in total. The van der Waals surface area contributed by atoms with Gasteiger partial charge in [0.15, 0.2) is 0 Å². The van der Waals surface area contributed by atoms with E-state index in [-0.39, 0.29) is 0 Å². The van der Waals surface area contributed by atoms with E-state index >= 15 is 0 Å². The van der Waals surface area contributed by atoms with Crippen molar-refractivity contribution < 1.29 is 0 Å². The van der Waals surface area contributed by atoms with Crippen molar-refractivity contribution in [3.8, 4) is 0 Å². The fourth-order valence-corrected chi connectivity index (χ4v) is 2.56. The summed E-state index contributed by atoms with van der Waals surface area (Å²) >= 11 is 0. The Labute approximate surface area is 116 Å². The van der Waals surface area contributed by atoms with Crippen LogP contribution in [0.2, 0.25) is 0 Å². The molecular formula is C15H26N4. The monoisotopic (exact) mass is 262 g/mol. The number of anilines is 1.